The second-order valence-corrected chi connectivity index (χ2v) is 7.12. The van der Waals surface area contributed by atoms with Crippen molar-refractivity contribution >= 4 is 23.0 Å². The SMILES string of the molecule is O=C(CCC(=O)c1cccs1)NC1CCN(Cc2ccccc2)C1. The van der Waals surface area contributed by atoms with Crippen molar-refractivity contribution in [3.63, 3.8) is 0 Å². The van der Waals surface area contributed by atoms with Crippen LogP contribution in [0.15, 0.2) is 47.8 Å². The molecule has 1 N–H and O–H groups in total. The standard InChI is InChI=1S/C19H22N2O2S/c22-17(18-7-4-12-24-18)8-9-19(23)20-16-10-11-21(14-16)13-15-5-2-1-3-6-15/h1-7,12,16H,8-11,13-14H2,(H,20,23). The number of rotatable bonds is 7. The summed E-state index contributed by atoms with van der Waals surface area (Å²) in [6.45, 7) is 2.79. The maximum Gasteiger partial charge on any atom is 0.220 e. The molecule has 1 aliphatic rings. The first kappa shape index (κ1) is 16.9. The summed E-state index contributed by atoms with van der Waals surface area (Å²) in [5, 5.41) is 4.95. The van der Waals surface area contributed by atoms with Gasteiger partial charge in [-0.15, -0.1) is 11.3 Å². The summed E-state index contributed by atoms with van der Waals surface area (Å²) < 4.78 is 0. The predicted octanol–water partition coefficient (Wildman–Crippen LogP) is 3.10. The number of nitrogens with zero attached hydrogens (tertiary/aromatic N) is 1. The summed E-state index contributed by atoms with van der Waals surface area (Å²) in [7, 11) is 0. The van der Waals surface area contributed by atoms with Crippen LogP contribution in [0.1, 0.15) is 34.5 Å². The first-order valence-electron chi connectivity index (χ1n) is 8.33. The minimum Gasteiger partial charge on any atom is -0.352 e. The maximum atomic E-state index is 12.1. The molecule has 1 aliphatic heterocycles. The third-order valence-electron chi connectivity index (χ3n) is 4.26. The Morgan fingerprint density at radius 2 is 1.96 bits per heavy atom. The van der Waals surface area contributed by atoms with Gasteiger partial charge in [-0.25, -0.2) is 0 Å². The number of carbonyl (C=O) groups excluding carboxylic acids is 2. The van der Waals surface area contributed by atoms with E-state index in [1.54, 1.807) is 0 Å². The molecule has 1 fully saturated rings. The molecule has 0 aliphatic carbocycles. The lowest BCUT2D eigenvalue weighted by Gasteiger charge is -2.16. The van der Waals surface area contributed by atoms with Crippen molar-refractivity contribution in [1.29, 1.82) is 0 Å². The average molecular weight is 342 g/mol. The van der Waals surface area contributed by atoms with E-state index in [1.165, 1.54) is 16.9 Å². The quantitative estimate of drug-likeness (QED) is 0.787. The van der Waals surface area contributed by atoms with Crippen LogP contribution >= 0.6 is 11.3 Å². The number of benzene rings is 1. The van der Waals surface area contributed by atoms with E-state index in [9.17, 15) is 9.59 Å². The molecule has 5 heteroatoms. The summed E-state index contributed by atoms with van der Waals surface area (Å²) in [5.41, 5.74) is 1.30. The molecule has 0 radical (unpaired) electrons. The van der Waals surface area contributed by atoms with E-state index in [0.717, 1.165) is 30.9 Å². The van der Waals surface area contributed by atoms with Crippen molar-refractivity contribution in [3.05, 3.63) is 58.3 Å². The van der Waals surface area contributed by atoms with Crippen LogP contribution in [-0.4, -0.2) is 35.7 Å². The van der Waals surface area contributed by atoms with E-state index < -0.39 is 0 Å². The van der Waals surface area contributed by atoms with Crippen molar-refractivity contribution in [2.24, 2.45) is 0 Å². The van der Waals surface area contributed by atoms with Crippen molar-refractivity contribution in [2.75, 3.05) is 13.1 Å². The second-order valence-electron chi connectivity index (χ2n) is 6.17. The summed E-state index contributed by atoms with van der Waals surface area (Å²) in [5.74, 6) is 0.0312. The minimum absolute atomic E-state index is 0.0218. The van der Waals surface area contributed by atoms with E-state index in [-0.39, 0.29) is 30.6 Å². The van der Waals surface area contributed by atoms with Crippen LogP contribution in [0.4, 0.5) is 0 Å². The lowest BCUT2D eigenvalue weighted by molar-refractivity contribution is -0.121. The van der Waals surface area contributed by atoms with E-state index in [1.807, 2.05) is 23.6 Å². The van der Waals surface area contributed by atoms with Gasteiger partial charge in [-0.3, -0.25) is 14.5 Å². The van der Waals surface area contributed by atoms with Gasteiger partial charge in [0.2, 0.25) is 5.91 Å². The fourth-order valence-electron chi connectivity index (χ4n) is 3.02. The number of likely N-dealkylation sites (tertiary alicyclic amines) is 1. The lowest BCUT2D eigenvalue weighted by atomic mass is 10.1. The van der Waals surface area contributed by atoms with Gasteiger partial charge in [-0.05, 0) is 23.4 Å². The molecule has 0 bridgehead atoms. The smallest absolute Gasteiger partial charge is 0.220 e. The topological polar surface area (TPSA) is 49.4 Å². The van der Waals surface area contributed by atoms with Crippen LogP contribution in [0.3, 0.4) is 0 Å². The summed E-state index contributed by atoms with van der Waals surface area (Å²) >= 11 is 1.43. The molecule has 1 aromatic heterocycles. The van der Waals surface area contributed by atoms with Gasteiger partial charge in [0.1, 0.15) is 0 Å². The molecule has 1 unspecified atom stereocenters. The fraction of sp³-hybridized carbons (Fsp3) is 0.368. The van der Waals surface area contributed by atoms with Gasteiger partial charge in [-0.1, -0.05) is 36.4 Å². The molecule has 1 saturated heterocycles. The molecule has 126 valence electrons. The summed E-state index contributed by atoms with van der Waals surface area (Å²) in [4.78, 5) is 27.1. The van der Waals surface area contributed by atoms with E-state index >= 15 is 0 Å². The van der Waals surface area contributed by atoms with Gasteiger partial charge >= 0.3 is 0 Å². The second kappa shape index (κ2) is 8.22. The molecule has 2 aromatic rings. The Kier molecular flexibility index (Phi) is 5.77. The Bertz CT molecular complexity index is 670. The van der Waals surface area contributed by atoms with E-state index in [0.29, 0.717) is 0 Å². The summed E-state index contributed by atoms with van der Waals surface area (Å²) in [6, 6.07) is 14.2. The van der Waals surface area contributed by atoms with Crippen LogP contribution in [0.2, 0.25) is 0 Å². The zero-order valence-electron chi connectivity index (χ0n) is 13.6. The molecule has 3 rings (SSSR count). The number of hydrogen-bond acceptors (Lipinski definition) is 4. The highest BCUT2D eigenvalue weighted by atomic mass is 32.1. The third kappa shape index (κ3) is 4.76. The fourth-order valence-corrected chi connectivity index (χ4v) is 3.72. The Balaban J connectivity index is 1.39. The molecular weight excluding hydrogens is 320 g/mol. The van der Waals surface area contributed by atoms with Crippen molar-refractivity contribution < 1.29 is 9.59 Å². The number of nitrogens with one attached hydrogen (secondary N) is 1. The number of Topliss-reactive ketones (excluding diaryl/α,β-unsaturated/α-hetero) is 1. The average Bonchev–Trinajstić information content (AvgIpc) is 3.26. The molecule has 0 spiro atoms. The molecule has 1 aromatic carbocycles. The van der Waals surface area contributed by atoms with Gasteiger partial charge in [-0.2, -0.15) is 0 Å². The Morgan fingerprint density at radius 3 is 2.71 bits per heavy atom. The Hall–Kier alpha value is -1.98. The van der Waals surface area contributed by atoms with Crippen LogP contribution in [-0.2, 0) is 11.3 Å². The van der Waals surface area contributed by atoms with Gasteiger partial charge in [0.05, 0.1) is 4.88 Å². The van der Waals surface area contributed by atoms with Gasteiger partial charge in [0, 0.05) is 38.5 Å². The first-order chi connectivity index (χ1) is 11.7. The normalized spacial score (nSPS) is 17.8. The molecule has 4 nitrogen and oxygen atoms in total. The Morgan fingerprint density at radius 1 is 1.12 bits per heavy atom. The molecule has 24 heavy (non-hydrogen) atoms. The molecular formula is C19H22N2O2S. The monoisotopic (exact) mass is 342 g/mol. The van der Waals surface area contributed by atoms with Crippen molar-refractivity contribution in [1.82, 2.24) is 10.2 Å². The number of carbonyl (C=O) groups is 2. The van der Waals surface area contributed by atoms with Gasteiger partial charge in [0.25, 0.3) is 0 Å². The lowest BCUT2D eigenvalue weighted by Crippen LogP contribution is -2.37. The van der Waals surface area contributed by atoms with Crippen LogP contribution in [0.5, 0.6) is 0 Å². The van der Waals surface area contributed by atoms with Crippen LogP contribution < -0.4 is 5.32 Å². The van der Waals surface area contributed by atoms with Gasteiger partial charge in [0.15, 0.2) is 5.78 Å². The van der Waals surface area contributed by atoms with E-state index in [4.69, 9.17) is 0 Å². The molecule has 0 saturated carbocycles. The minimum atomic E-state index is -0.0218. The highest BCUT2D eigenvalue weighted by molar-refractivity contribution is 7.12. The van der Waals surface area contributed by atoms with Crippen molar-refractivity contribution in [2.45, 2.75) is 31.8 Å². The molecule has 1 amide bonds. The van der Waals surface area contributed by atoms with Crippen LogP contribution in [0.25, 0.3) is 0 Å². The maximum absolute atomic E-state index is 12.1. The Labute approximate surface area is 146 Å². The largest absolute Gasteiger partial charge is 0.352 e. The van der Waals surface area contributed by atoms with Crippen molar-refractivity contribution in [3.8, 4) is 0 Å². The highest BCUT2D eigenvalue weighted by Gasteiger charge is 2.24. The van der Waals surface area contributed by atoms with Crippen LogP contribution in [0, 0.1) is 0 Å². The summed E-state index contributed by atoms with van der Waals surface area (Å²) in [6.07, 6.45) is 1.52. The van der Waals surface area contributed by atoms with Gasteiger partial charge < -0.3 is 5.32 Å². The number of thiophene rings is 1. The number of hydrogen-bond donors (Lipinski definition) is 1. The number of ketones is 1. The highest BCUT2D eigenvalue weighted by Crippen LogP contribution is 2.15. The molecule has 1 atom stereocenters. The number of amides is 1. The third-order valence-corrected chi connectivity index (χ3v) is 5.17. The zero-order chi connectivity index (χ0) is 16.8. The first-order valence-corrected chi connectivity index (χ1v) is 9.21. The molecule has 2 heterocycles. The van der Waals surface area contributed by atoms with E-state index in [2.05, 4.69) is 34.5 Å². The zero-order valence-corrected chi connectivity index (χ0v) is 14.4. The predicted molar refractivity (Wildman–Crippen MR) is 96.2 cm³/mol.